The average Bonchev–Trinajstić information content (AvgIpc) is 3.78. The van der Waals surface area contributed by atoms with Crippen LogP contribution in [-0.2, 0) is 0 Å². The number of rotatable bonds is 5. The van der Waals surface area contributed by atoms with E-state index >= 15 is 0 Å². The SMILES string of the molecule is N#Cc1ccccc1-c1cc(-c2ccccc2)cc(-c2c(-c3ccc4c(c3)sc3ccccc34)cccc2-c2ccc3oc4ccccc4c3c2)c1. The third-order valence-electron chi connectivity index (χ3n) is 10.1. The second-order valence-electron chi connectivity index (χ2n) is 13.2. The van der Waals surface area contributed by atoms with E-state index < -0.39 is 0 Å². The van der Waals surface area contributed by atoms with Crippen LogP contribution in [0.1, 0.15) is 5.56 Å². The van der Waals surface area contributed by atoms with Gasteiger partial charge in [-0.05, 0) is 110 Å². The molecule has 52 heavy (non-hydrogen) atoms. The second kappa shape index (κ2) is 12.2. The van der Waals surface area contributed by atoms with Crippen molar-refractivity contribution in [3.05, 3.63) is 181 Å². The molecule has 0 saturated carbocycles. The van der Waals surface area contributed by atoms with Crippen LogP contribution in [0, 0.1) is 11.3 Å². The third-order valence-corrected chi connectivity index (χ3v) is 11.3. The molecule has 0 N–H and O–H groups in total. The fraction of sp³-hybridized carbons (Fsp3) is 0. The first-order valence-electron chi connectivity index (χ1n) is 17.4. The summed E-state index contributed by atoms with van der Waals surface area (Å²) >= 11 is 1.84. The summed E-state index contributed by atoms with van der Waals surface area (Å²) in [6.07, 6.45) is 0. The van der Waals surface area contributed by atoms with E-state index in [1.165, 1.54) is 20.2 Å². The summed E-state index contributed by atoms with van der Waals surface area (Å²) in [6, 6.07) is 64.6. The predicted octanol–water partition coefficient (Wildman–Crippen LogP) is 14.2. The zero-order valence-corrected chi connectivity index (χ0v) is 28.8. The molecule has 0 atom stereocenters. The van der Waals surface area contributed by atoms with E-state index in [1.54, 1.807) is 0 Å². The van der Waals surface area contributed by atoms with Gasteiger partial charge in [0.15, 0.2) is 0 Å². The number of nitriles is 1. The van der Waals surface area contributed by atoms with Crippen LogP contribution in [0.15, 0.2) is 180 Å². The van der Waals surface area contributed by atoms with Crippen LogP contribution >= 0.6 is 11.3 Å². The van der Waals surface area contributed by atoms with Gasteiger partial charge in [0.1, 0.15) is 11.2 Å². The molecule has 10 rings (SSSR count). The highest BCUT2D eigenvalue weighted by atomic mass is 32.1. The van der Waals surface area contributed by atoms with Gasteiger partial charge in [-0.1, -0.05) is 121 Å². The second-order valence-corrected chi connectivity index (χ2v) is 14.3. The Morgan fingerprint density at radius 1 is 0.385 bits per heavy atom. The molecule has 8 aromatic carbocycles. The number of benzene rings is 8. The van der Waals surface area contributed by atoms with Gasteiger partial charge >= 0.3 is 0 Å². The monoisotopic (exact) mass is 679 g/mol. The Hall–Kier alpha value is -6.73. The molecule has 0 aliphatic carbocycles. The van der Waals surface area contributed by atoms with Crippen molar-refractivity contribution in [1.29, 1.82) is 5.26 Å². The highest BCUT2D eigenvalue weighted by molar-refractivity contribution is 7.25. The minimum absolute atomic E-state index is 0.652. The summed E-state index contributed by atoms with van der Waals surface area (Å²) in [7, 11) is 0. The fourth-order valence-electron chi connectivity index (χ4n) is 7.69. The lowest BCUT2D eigenvalue weighted by molar-refractivity contribution is 0.669. The Bertz CT molecular complexity index is 3030. The Morgan fingerprint density at radius 2 is 1.02 bits per heavy atom. The highest BCUT2D eigenvalue weighted by Gasteiger charge is 2.19. The van der Waals surface area contributed by atoms with Crippen molar-refractivity contribution in [2.45, 2.75) is 0 Å². The molecule has 242 valence electrons. The molecule has 2 aromatic heterocycles. The highest BCUT2D eigenvalue weighted by Crippen LogP contribution is 2.46. The zero-order chi connectivity index (χ0) is 34.6. The molecular formula is C49H29NOS. The van der Waals surface area contributed by atoms with Crippen molar-refractivity contribution in [2.75, 3.05) is 0 Å². The molecule has 3 heteroatoms. The van der Waals surface area contributed by atoms with E-state index in [2.05, 4.69) is 140 Å². The van der Waals surface area contributed by atoms with E-state index in [-0.39, 0.29) is 0 Å². The van der Waals surface area contributed by atoms with Crippen LogP contribution in [0.4, 0.5) is 0 Å². The number of nitrogens with zero attached hydrogens (tertiary/aromatic N) is 1. The molecule has 0 radical (unpaired) electrons. The summed E-state index contributed by atoms with van der Waals surface area (Å²) in [5, 5.41) is 14.9. The summed E-state index contributed by atoms with van der Waals surface area (Å²) in [5.74, 6) is 0. The quantitative estimate of drug-likeness (QED) is 0.182. The minimum Gasteiger partial charge on any atom is -0.456 e. The Balaban J connectivity index is 1.28. The standard InChI is InChI=1S/C49H29NOS/c50-30-34-13-4-5-14-38(34)36-25-35(31-11-2-1-3-12-31)26-37(27-36)49-39(32-22-24-46-44(28-32)41-15-6-8-19-45(41)51-46)17-10-18-40(49)33-21-23-43-42-16-7-9-20-47(42)52-48(43)29-33/h1-29H. The molecular weight excluding hydrogens is 651 g/mol. The van der Waals surface area contributed by atoms with Gasteiger partial charge in [-0.15, -0.1) is 11.3 Å². The lowest BCUT2D eigenvalue weighted by Crippen LogP contribution is -1.93. The van der Waals surface area contributed by atoms with Gasteiger partial charge in [-0.25, -0.2) is 0 Å². The summed E-state index contributed by atoms with van der Waals surface area (Å²) in [4.78, 5) is 0. The normalized spacial score (nSPS) is 11.4. The molecule has 2 heterocycles. The first kappa shape index (κ1) is 30.1. The maximum absolute atomic E-state index is 10.2. The molecule has 0 bridgehead atoms. The van der Waals surface area contributed by atoms with Crippen LogP contribution < -0.4 is 0 Å². The Kier molecular flexibility index (Phi) is 7.09. The van der Waals surface area contributed by atoms with Crippen molar-refractivity contribution in [1.82, 2.24) is 0 Å². The van der Waals surface area contributed by atoms with Gasteiger partial charge in [0.25, 0.3) is 0 Å². The molecule has 0 unspecified atom stereocenters. The van der Waals surface area contributed by atoms with E-state index in [1.807, 2.05) is 53.8 Å². The fourth-order valence-corrected chi connectivity index (χ4v) is 8.83. The molecule has 0 aliphatic rings. The van der Waals surface area contributed by atoms with Crippen molar-refractivity contribution < 1.29 is 4.42 Å². The third kappa shape index (κ3) is 5.01. The summed E-state index contributed by atoms with van der Waals surface area (Å²) < 4.78 is 8.80. The molecule has 2 nitrogen and oxygen atoms in total. The van der Waals surface area contributed by atoms with Crippen molar-refractivity contribution in [2.24, 2.45) is 0 Å². The van der Waals surface area contributed by atoms with E-state index in [9.17, 15) is 5.26 Å². The van der Waals surface area contributed by atoms with Gasteiger partial charge in [0, 0.05) is 30.9 Å². The number of thiophene rings is 1. The number of hydrogen-bond donors (Lipinski definition) is 0. The number of fused-ring (bicyclic) bond motifs is 6. The topological polar surface area (TPSA) is 36.9 Å². The molecule has 0 amide bonds. The van der Waals surface area contributed by atoms with E-state index in [0.717, 1.165) is 77.6 Å². The van der Waals surface area contributed by atoms with Crippen LogP contribution in [-0.4, -0.2) is 0 Å². The van der Waals surface area contributed by atoms with Gasteiger partial charge in [-0.3, -0.25) is 0 Å². The van der Waals surface area contributed by atoms with Crippen LogP contribution in [0.25, 0.3) is 97.7 Å². The molecule has 0 spiro atoms. The van der Waals surface area contributed by atoms with Crippen LogP contribution in [0.2, 0.25) is 0 Å². The van der Waals surface area contributed by atoms with Crippen LogP contribution in [0.5, 0.6) is 0 Å². The van der Waals surface area contributed by atoms with Gasteiger partial charge in [-0.2, -0.15) is 5.26 Å². The number of para-hydroxylation sites is 1. The van der Waals surface area contributed by atoms with E-state index in [4.69, 9.17) is 4.42 Å². The maximum Gasteiger partial charge on any atom is 0.135 e. The molecule has 0 saturated heterocycles. The Morgan fingerprint density at radius 3 is 1.88 bits per heavy atom. The molecule has 0 aliphatic heterocycles. The lowest BCUT2D eigenvalue weighted by atomic mass is 9.84. The zero-order valence-electron chi connectivity index (χ0n) is 28.0. The van der Waals surface area contributed by atoms with Gasteiger partial charge in [0.05, 0.1) is 11.6 Å². The Labute approximate surface area is 305 Å². The van der Waals surface area contributed by atoms with Crippen LogP contribution in [0.3, 0.4) is 0 Å². The smallest absolute Gasteiger partial charge is 0.135 e. The largest absolute Gasteiger partial charge is 0.456 e. The molecule has 0 fully saturated rings. The van der Waals surface area contributed by atoms with Gasteiger partial charge in [0.2, 0.25) is 0 Å². The predicted molar refractivity (Wildman–Crippen MR) is 219 cm³/mol. The average molecular weight is 680 g/mol. The van der Waals surface area contributed by atoms with Gasteiger partial charge < -0.3 is 4.42 Å². The molecule has 10 aromatic rings. The minimum atomic E-state index is 0.652. The van der Waals surface area contributed by atoms with Crippen molar-refractivity contribution in [3.8, 4) is 61.7 Å². The van der Waals surface area contributed by atoms with Crippen molar-refractivity contribution >= 4 is 53.4 Å². The van der Waals surface area contributed by atoms with Crippen molar-refractivity contribution in [3.63, 3.8) is 0 Å². The first-order valence-corrected chi connectivity index (χ1v) is 18.2. The number of furan rings is 1. The maximum atomic E-state index is 10.2. The first-order chi connectivity index (χ1) is 25.7. The lowest BCUT2D eigenvalue weighted by Gasteiger charge is -2.19. The summed E-state index contributed by atoms with van der Waals surface area (Å²) in [6.45, 7) is 0. The summed E-state index contributed by atoms with van der Waals surface area (Å²) in [5.41, 5.74) is 13.3. The van der Waals surface area contributed by atoms with E-state index in [0.29, 0.717) is 5.56 Å². The number of hydrogen-bond acceptors (Lipinski definition) is 3.